The van der Waals surface area contributed by atoms with Gasteiger partial charge in [0.05, 0.1) is 7.11 Å². The molecule has 0 saturated heterocycles. The molecule has 3 nitrogen and oxygen atoms in total. The van der Waals surface area contributed by atoms with Crippen molar-refractivity contribution in [3.8, 4) is 11.5 Å². The summed E-state index contributed by atoms with van der Waals surface area (Å²) in [5, 5.41) is 0. The summed E-state index contributed by atoms with van der Waals surface area (Å²) in [5.41, 5.74) is 7.38. The van der Waals surface area contributed by atoms with Crippen molar-refractivity contribution in [1.29, 1.82) is 0 Å². The summed E-state index contributed by atoms with van der Waals surface area (Å²) in [7, 11) is 1.68. The number of methoxy groups -OCH3 is 1. The summed E-state index contributed by atoms with van der Waals surface area (Å²) >= 11 is 0. The monoisotopic (exact) mass is 233 g/mol. The fourth-order valence-corrected chi connectivity index (χ4v) is 3.15. The van der Waals surface area contributed by atoms with Crippen LogP contribution in [0.1, 0.15) is 43.7 Å². The number of ether oxygens (including phenoxy) is 2. The highest BCUT2D eigenvalue weighted by molar-refractivity contribution is 5.44. The van der Waals surface area contributed by atoms with E-state index >= 15 is 0 Å². The van der Waals surface area contributed by atoms with Crippen LogP contribution in [0.2, 0.25) is 0 Å². The lowest BCUT2D eigenvalue weighted by atomic mass is 9.86. The van der Waals surface area contributed by atoms with Crippen LogP contribution in [0, 0.1) is 0 Å². The first-order chi connectivity index (χ1) is 8.22. The van der Waals surface area contributed by atoms with Crippen molar-refractivity contribution in [2.24, 2.45) is 5.73 Å². The maximum atomic E-state index is 6.27. The zero-order chi connectivity index (χ0) is 11.9. The minimum absolute atomic E-state index is 0.00121. The highest BCUT2D eigenvalue weighted by Gasteiger charge is 2.42. The lowest BCUT2D eigenvalue weighted by Crippen LogP contribution is -2.40. The minimum Gasteiger partial charge on any atom is -0.497 e. The van der Waals surface area contributed by atoms with Crippen molar-refractivity contribution in [3.63, 3.8) is 0 Å². The standard InChI is InChI=1S/C14H19NO2/c1-16-10-4-5-11-12(15)9-14(6-2-3-7-14)17-13(11)8-10/h4-5,8,12H,2-3,6-7,9,15H2,1H3/t12-/m1/s1. The summed E-state index contributed by atoms with van der Waals surface area (Å²) in [6.45, 7) is 0. The first kappa shape index (κ1) is 10.9. The van der Waals surface area contributed by atoms with Crippen molar-refractivity contribution in [1.82, 2.24) is 0 Å². The molecule has 1 atom stereocenters. The summed E-state index contributed by atoms with van der Waals surface area (Å²) < 4.78 is 11.5. The molecule has 1 aliphatic carbocycles. The van der Waals surface area contributed by atoms with Gasteiger partial charge in [0.2, 0.25) is 0 Å². The fourth-order valence-electron chi connectivity index (χ4n) is 3.15. The molecule has 1 aliphatic heterocycles. The van der Waals surface area contributed by atoms with E-state index in [1.54, 1.807) is 7.11 Å². The first-order valence-corrected chi connectivity index (χ1v) is 6.35. The van der Waals surface area contributed by atoms with Crippen molar-refractivity contribution in [2.45, 2.75) is 43.7 Å². The molecule has 3 heteroatoms. The van der Waals surface area contributed by atoms with Gasteiger partial charge in [0, 0.05) is 24.1 Å². The first-order valence-electron chi connectivity index (χ1n) is 6.35. The van der Waals surface area contributed by atoms with Crippen molar-refractivity contribution in [3.05, 3.63) is 23.8 Å². The molecule has 92 valence electrons. The van der Waals surface area contributed by atoms with Crippen LogP contribution in [0.25, 0.3) is 0 Å². The van der Waals surface area contributed by atoms with Crippen LogP contribution in [-0.4, -0.2) is 12.7 Å². The number of rotatable bonds is 1. The molecular weight excluding hydrogens is 214 g/mol. The number of nitrogens with two attached hydrogens (primary N) is 1. The molecule has 0 unspecified atom stereocenters. The van der Waals surface area contributed by atoms with Crippen molar-refractivity contribution < 1.29 is 9.47 Å². The van der Waals surface area contributed by atoms with Gasteiger partial charge in [-0.05, 0) is 31.7 Å². The van der Waals surface area contributed by atoms with Gasteiger partial charge in [0.15, 0.2) is 0 Å². The predicted molar refractivity (Wildman–Crippen MR) is 66.4 cm³/mol. The van der Waals surface area contributed by atoms with E-state index in [4.69, 9.17) is 15.2 Å². The van der Waals surface area contributed by atoms with Gasteiger partial charge in [-0.1, -0.05) is 6.07 Å². The highest BCUT2D eigenvalue weighted by Crippen LogP contribution is 2.47. The van der Waals surface area contributed by atoms with E-state index in [0.717, 1.165) is 36.3 Å². The zero-order valence-corrected chi connectivity index (χ0v) is 10.2. The molecule has 1 saturated carbocycles. The van der Waals surface area contributed by atoms with E-state index in [2.05, 4.69) is 0 Å². The maximum Gasteiger partial charge on any atom is 0.128 e. The normalized spacial score (nSPS) is 25.4. The Kier molecular flexibility index (Phi) is 2.51. The van der Waals surface area contributed by atoms with Crippen molar-refractivity contribution >= 4 is 0 Å². The lowest BCUT2D eigenvalue weighted by Gasteiger charge is -2.38. The largest absolute Gasteiger partial charge is 0.497 e. The Morgan fingerprint density at radius 2 is 2.12 bits per heavy atom. The zero-order valence-electron chi connectivity index (χ0n) is 10.2. The number of benzene rings is 1. The predicted octanol–water partition coefficient (Wildman–Crippen LogP) is 2.79. The molecule has 17 heavy (non-hydrogen) atoms. The third kappa shape index (κ3) is 1.78. The maximum absolute atomic E-state index is 6.27. The van der Waals surface area contributed by atoms with Crippen LogP contribution in [-0.2, 0) is 0 Å². The SMILES string of the molecule is COc1ccc2c(c1)OC1(CCCC1)C[C@H]2N. The second-order valence-electron chi connectivity index (χ2n) is 5.21. The third-order valence-corrected chi connectivity index (χ3v) is 4.05. The summed E-state index contributed by atoms with van der Waals surface area (Å²) in [4.78, 5) is 0. The average Bonchev–Trinajstić information content (AvgIpc) is 2.76. The molecule has 1 fully saturated rings. The Morgan fingerprint density at radius 1 is 1.35 bits per heavy atom. The van der Waals surface area contributed by atoms with Crippen LogP contribution in [0.4, 0.5) is 0 Å². The van der Waals surface area contributed by atoms with Gasteiger partial charge in [-0.25, -0.2) is 0 Å². The molecule has 0 amide bonds. The van der Waals surface area contributed by atoms with Crippen LogP contribution in [0.3, 0.4) is 0 Å². The summed E-state index contributed by atoms with van der Waals surface area (Å²) in [5.74, 6) is 1.76. The fraction of sp³-hybridized carbons (Fsp3) is 0.571. The highest BCUT2D eigenvalue weighted by atomic mass is 16.5. The Morgan fingerprint density at radius 3 is 2.82 bits per heavy atom. The number of fused-ring (bicyclic) bond motifs is 1. The van der Waals surface area contributed by atoms with E-state index in [0.29, 0.717) is 0 Å². The Hall–Kier alpha value is -1.22. The molecule has 3 rings (SSSR count). The molecule has 0 aromatic heterocycles. The number of hydrogen-bond donors (Lipinski definition) is 1. The van der Waals surface area contributed by atoms with Crippen LogP contribution in [0.15, 0.2) is 18.2 Å². The van der Waals surface area contributed by atoms with Gasteiger partial charge >= 0.3 is 0 Å². The second-order valence-corrected chi connectivity index (χ2v) is 5.21. The molecule has 0 radical (unpaired) electrons. The van der Waals surface area contributed by atoms with Gasteiger partial charge in [0.25, 0.3) is 0 Å². The Bertz CT molecular complexity index is 424. The quantitative estimate of drug-likeness (QED) is 0.811. The minimum atomic E-state index is -0.00121. The molecule has 1 spiro atoms. The summed E-state index contributed by atoms with van der Waals surface area (Å²) in [6.07, 6.45) is 5.74. The van der Waals surface area contributed by atoms with Crippen molar-refractivity contribution in [2.75, 3.05) is 7.11 Å². The summed E-state index contributed by atoms with van der Waals surface area (Å²) in [6, 6.07) is 6.05. The molecular formula is C14H19NO2. The Labute approximate surface area is 102 Å². The number of hydrogen-bond acceptors (Lipinski definition) is 3. The Balaban J connectivity index is 1.97. The molecule has 2 N–H and O–H groups in total. The van der Waals surface area contributed by atoms with Gasteiger partial charge < -0.3 is 15.2 Å². The van der Waals surface area contributed by atoms with Gasteiger partial charge in [-0.15, -0.1) is 0 Å². The lowest BCUT2D eigenvalue weighted by molar-refractivity contribution is 0.0424. The molecule has 1 aromatic carbocycles. The molecule has 1 aromatic rings. The molecule has 0 bridgehead atoms. The van der Waals surface area contributed by atoms with E-state index in [1.165, 1.54) is 12.8 Å². The van der Waals surface area contributed by atoms with Gasteiger partial charge in [-0.3, -0.25) is 0 Å². The van der Waals surface area contributed by atoms with E-state index in [-0.39, 0.29) is 11.6 Å². The topological polar surface area (TPSA) is 44.5 Å². The van der Waals surface area contributed by atoms with E-state index in [1.807, 2.05) is 18.2 Å². The van der Waals surface area contributed by atoms with Gasteiger partial charge in [0.1, 0.15) is 17.1 Å². The molecule has 2 aliphatic rings. The molecule has 1 heterocycles. The smallest absolute Gasteiger partial charge is 0.128 e. The van der Waals surface area contributed by atoms with Crippen LogP contribution in [0.5, 0.6) is 11.5 Å². The van der Waals surface area contributed by atoms with E-state index < -0.39 is 0 Å². The van der Waals surface area contributed by atoms with E-state index in [9.17, 15) is 0 Å². The van der Waals surface area contributed by atoms with Crippen LogP contribution < -0.4 is 15.2 Å². The third-order valence-electron chi connectivity index (χ3n) is 4.05. The average molecular weight is 233 g/mol. The van der Waals surface area contributed by atoms with Crippen LogP contribution >= 0.6 is 0 Å². The second kappa shape index (κ2) is 3.91. The van der Waals surface area contributed by atoms with Gasteiger partial charge in [-0.2, -0.15) is 0 Å².